The van der Waals surface area contributed by atoms with Crippen LogP contribution in [-0.4, -0.2) is 90.3 Å². The maximum absolute atomic E-state index is 14.5. The average molecular weight is 793 g/mol. The van der Waals surface area contributed by atoms with Crippen LogP contribution in [0.25, 0.3) is 10.8 Å². The van der Waals surface area contributed by atoms with E-state index >= 15 is 0 Å². The maximum atomic E-state index is 14.5. The first kappa shape index (κ1) is 38.3. The van der Waals surface area contributed by atoms with Gasteiger partial charge in [0.2, 0.25) is 27.7 Å². The van der Waals surface area contributed by atoms with Gasteiger partial charge in [0.25, 0.3) is 5.91 Å². The third-order valence-corrected chi connectivity index (χ3v) is 11.5. The Morgan fingerprint density at radius 2 is 1.75 bits per heavy atom. The third-order valence-electron chi connectivity index (χ3n) is 9.14. The summed E-state index contributed by atoms with van der Waals surface area (Å²) in [6, 6.07) is 5.04. The molecule has 0 radical (unpaired) electrons. The summed E-state index contributed by atoms with van der Waals surface area (Å²) in [6.45, 7) is 14.1. The largest absolute Gasteiger partial charge is 0.493 e. The van der Waals surface area contributed by atoms with Gasteiger partial charge >= 0.3 is 6.09 Å². The number of halogens is 1. The Balaban J connectivity index is 1.47. The molecule has 14 nitrogen and oxygen atoms in total. The molecule has 3 N–H and O–H groups in total. The standard InChI is InChI=1S/C35H46BrN5O9S/c1-9-19-17-35(19,31(44)40-51(46,47)21-14-15-21)39-28(42)24-16-20(49-29-23-13-11-10-12-22(23)25(48-8)27(36)38-29)18-41(24)30(43)26(33(2,3)4)37-32(45)50-34(5,6)7/h9-13,19-21,24,26H,1,14-18H2,2-8H3,(H,37,45)(H,39,42)(H,40,44)/t19?,20-,24+,26-,35-/m1/s1. The molecule has 2 saturated carbocycles. The number of carbonyl (C=O) groups is 4. The average Bonchev–Trinajstić information content (AvgIpc) is 3.95. The van der Waals surface area contributed by atoms with Crippen molar-refractivity contribution in [3.05, 3.63) is 41.5 Å². The number of alkyl carbamates (subject to hydrolysis) is 1. The van der Waals surface area contributed by atoms with Crippen molar-refractivity contribution in [3.8, 4) is 11.6 Å². The number of methoxy groups -OCH3 is 1. The number of rotatable bonds is 11. The van der Waals surface area contributed by atoms with E-state index in [1.807, 2.05) is 24.3 Å². The minimum atomic E-state index is -3.90. The number of sulfonamides is 1. The molecule has 278 valence electrons. The molecule has 4 amide bonds. The zero-order valence-electron chi connectivity index (χ0n) is 29.9. The van der Waals surface area contributed by atoms with Crippen LogP contribution in [0.15, 0.2) is 41.5 Å². The maximum Gasteiger partial charge on any atom is 0.408 e. The molecule has 2 aliphatic carbocycles. The van der Waals surface area contributed by atoms with E-state index in [1.54, 1.807) is 41.5 Å². The van der Waals surface area contributed by atoms with Crippen molar-refractivity contribution in [1.82, 2.24) is 25.2 Å². The van der Waals surface area contributed by atoms with Crippen molar-refractivity contribution >= 4 is 60.5 Å². The first-order chi connectivity index (χ1) is 23.7. The van der Waals surface area contributed by atoms with Gasteiger partial charge in [-0.2, -0.15) is 0 Å². The highest BCUT2D eigenvalue weighted by Gasteiger charge is 2.62. The number of likely N-dealkylation sites (tertiary alicyclic amines) is 1. The molecule has 1 saturated heterocycles. The fourth-order valence-electron chi connectivity index (χ4n) is 6.25. The molecule has 1 aromatic heterocycles. The molecule has 5 atom stereocenters. The molecule has 1 aliphatic heterocycles. The zero-order chi connectivity index (χ0) is 37.7. The van der Waals surface area contributed by atoms with Gasteiger partial charge in [-0.1, -0.05) is 45.0 Å². The molecule has 3 aliphatic rings. The number of amides is 4. The molecule has 1 unspecified atom stereocenters. The van der Waals surface area contributed by atoms with Crippen LogP contribution in [-0.2, 0) is 29.1 Å². The Morgan fingerprint density at radius 3 is 2.29 bits per heavy atom. The minimum absolute atomic E-state index is 0.00262. The Labute approximate surface area is 306 Å². The molecule has 1 aromatic carbocycles. The quantitative estimate of drug-likeness (QED) is 0.223. The number of fused-ring (bicyclic) bond motifs is 1. The number of ether oxygens (including phenoxy) is 3. The zero-order valence-corrected chi connectivity index (χ0v) is 32.3. The van der Waals surface area contributed by atoms with Crippen molar-refractivity contribution in [2.45, 2.75) is 102 Å². The van der Waals surface area contributed by atoms with Gasteiger partial charge in [-0.3, -0.25) is 19.1 Å². The van der Waals surface area contributed by atoms with Crippen molar-refractivity contribution in [3.63, 3.8) is 0 Å². The SMILES string of the molecule is C=CC1C[C@]1(NC(=O)[C@@H]1C[C@@H](Oc2nc(Br)c(OC)c3ccccc23)CN1C(=O)[C@@H](NC(=O)OC(C)(C)C)C(C)(C)C)C(=O)NS(=O)(=O)C1CC1. The summed E-state index contributed by atoms with van der Waals surface area (Å²) in [5.74, 6) is -1.89. The molecule has 16 heteroatoms. The molecule has 0 bridgehead atoms. The van der Waals surface area contributed by atoms with E-state index in [9.17, 15) is 27.6 Å². The van der Waals surface area contributed by atoms with Crippen LogP contribution in [0.1, 0.15) is 67.2 Å². The topological polar surface area (TPSA) is 182 Å². The molecule has 2 aromatic rings. The van der Waals surface area contributed by atoms with Crippen LogP contribution in [0.2, 0.25) is 0 Å². The Hall–Kier alpha value is -3.92. The second-order valence-corrected chi connectivity index (χ2v) is 18.1. The lowest BCUT2D eigenvalue weighted by molar-refractivity contribution is -0.143. The molecule has 0 spiro atoms. The Kier molecular flexibility index (Phi) is 10.4. The first-order valence-corrected chi connectivity index (χ1v) is 19.1. The highest BCUT2D eigenvalue weighted by Crippen LogP contribution is 2.46. The summed E-state index contributed by atoms with van der Waals surface area (Å²) < 4.78 is 45.3. The van der Waals surface area contributed by atoms with E-state index in [2.05, 4.69) is 42.8 Å². The molecule has 3 fully saturated rings. The number of benzene rings is 1. The van der Waals surface area contributed by atoms with E-state index in [0.29, 0.717) is 28.6 Å². The summed E-state index contributed by atoms with van der Waals surface area (Å²) in [5, 5.41) is 6.19. The number of pyridine rings is 1. The number of nitrogens with one attached hydrogen (secondary N) is 3. The summed E-state index contributed by atoms with van der Waals surface area (Å²) >= 11 is 3.45. The van der Waals surface area contributed by atoms with E-state index in [-0.39, 0.29) is 25.3 Å². The lowest BCUT2D eigenvalue weighted by Gasteiger charge is -2.36. The van der Waals surface area contributed by atoms with Crippen molar-refractivity contribution in [1.29, 1.82) is 0 Å². The Morgan fingerprint density at radius 1 is 1.10 bits per heavy atom. The van der Waals surface area contributed by atoms with Crippen LogP contribution in [0.4, 0.5) is 4.79 Å². The van der Waals surface area contributed by atoms with Gasteiger partial charge in [0.05, 0.1) is 18.9 Å². The summed E-state index contributed by atoms with van der Waals surface area (Å²) in [4.78, 5) is 61.0. The predicted octanol–water partition coefficient (Wildman–Crippen LogP) is 3.96. The number of hydrogen-bond donors (Lipinski definition) is 3. The molecular weight excluding hydrogens is 746 g/mol. The predicted molar refractivity (Wildman–Crippen MR) is 192 cm³/mol. The molecular formula is C35H46BrN5O9S. The van der Waals surface area contributed by atoms with Crippen LogP contribution in [0.3, 0.4) is 0 Å². The molecule has 5 rings (SSSR count). The fraction of sp³-hybridized carbons (Fsp3) is 0.571. The number of aromatic nitrogens is 1. The van der Waals surface area contributed by atoms with E-state index in [0.717, 1.165) is 5.39 Å². The molecule has 2 heterocycles. The van der Waals surface area contributed by atoms with Crippen LogP contribution < -0.4 is 24.8 Å². The lowest BCUT2D eigenvalue weighted by Crippen LogP contribution is -2.60. The van der Waals surface area contributed by atoms with Gasteiger partial charge in [-0.05, 0) is 67.4 Å². The molecule has 51 heavy (non-hydrogen) atoms. The second kappa shape index (κ2) is 13.9. The van der Waals surface area contributed by atoms with E-state index < -0.39 is 79.7 Å². The third kappa shape index (κ3) is 8.27. The van der Waals surface area contributed by atoms with Gasteiger partial charge in [0.15, 0.2) is 10.4 Å². The van der Waals surface area contributed by atoms with E-state index in [4.69, 9.17) is 14.2 Å². The van der Waals surface area contributed by atoms with Crippen LogP contribution >= 0.6 is 15.9 Å². The fourth-order valence-corrected chi connectivity index (χ4v) is 8.16. The highest BCUT2D eigenvalue weighted by atomic mass is 79.9. The van der Waals surface area contributed by atoms with Gasteiger partial charge in [0.1, 0.15) is 29.3 Å². The van der Waals surface area contributed by atoms with Gasteiger partial charge < -0.3 is 29.7 Å². The number of nitrogens with zero attached hydrogens (tertiary/aromatic N) is 2. The number of hydrogen-bond acceptors (Lipinski definition) is 10. The van der Waals surface area contributed by atoms with Crippen molar-refractivity contribution < 1.29 is 41.8 Å². The monoisotopic (exact) mass is 791 g/mol. The van der Waals surface area contributed by atoms with Gasteiger partial charge in [-0.15, -0.1) is 6.58 Å². The normalized spacial score (nSPS) is 23.9. The van der Waals surface area contributed by atoms with Crippen molar-refractivity contribution in [2.75, 3.05) is 13.7 Å². The minimum Gasteiger partial charge on any atom is -0.493 e. The summed E-state index contributed by atoms with van der Waals surface area (Å²) in [6.07, 6.45) is 0.973. The van der Waals surface area contributed by atoms with Crippen LogP contribution in [0.5, 0.6) is 11.6 Å². The smallest absolute Gasteiger partial charge is 0.408 e. The summed E-state index contributed by atoms with van der Waals surface area (Å²) in [7, 11) is -2.38. The summed E-state index contributed by atoms with van der Waals surface area (Å²) in [5.41, 5.74) is -3.22. The Bertz CT molecular complexity index is 1850. The van der Waals surface area contributed by atoms with Crippen LogP contribution in [0, 0.1) is 11.3 Å². The number of carbonyl (C=O) groups excluding carboxylic acids is 4. The first-order valence-electron chi connectivity index (χ1n) is 16.8. The second-order valence-electron chi connectivity index (χ2n) is 15.4. The van der Waals surface area contributed by atoms with Gasteiger partial charge in [0, 0.05) is 23.1 Å². The van der Waals surface area contributed by atoms with E-state index in [1.165, 1.54) is 18.1 Å². The van der Waals surface area contributed by atoms with Crippen molar-refractivity contribution in [2.24, 2.45) is 11.3 Å². The lowest BCUT2D eigenvalue weighted by atomic mass is 9.85. The van der Waals surface area contributed by atoms with Gasteiger partial charge in [-0.25, -0.2) is 18.2 Å². The highest BCUT2D eigenvalue weighted by molar-refractivity contribution is 9.10.